The molecule has 4 fully saturated rings. The van der Waals surface area contributed by atoms with E-state index in [0.717, 1.165) is 38.5 Å². The smallest absolute Gasteiger partial charge is 0.303 e. The number of hydrogen-bond donors (Lipinski definition) is 0. The summed E-state index contributed by atoms with van der Waals surface area (Å²) in [5.74, 6) is 0.705. The Morgan fingerprint density at radius 3 is 2.38 bits per heavy atom. The molecule has 3 saturated carbocycles. The predicted molar refractivity (Wildman–Crippen MR) is 135 cm³/mol. The van der Waals surface area contributed by atoms with Crippen LogP contribution in [-0.4, -0.2) is 45.5 Å². The zero-order valence-electron chi connectivity index (χ0n) is 22.4. The van der Waals surface area contributed by atoms with E-state index >= 15 is 0 Å². The van der Waals surface area contributed by atoms with Crippen molar-refractivity contribution in [3.63, 3.8) is 0 Å². The molecule has 0 aromatic rings. The van der Waals surface area contributed by atoms with E-state index in [2.05, 4.69) is 46.9 Å². The Morgan fingerprint density at radius 2 is 1.74 bits per heavy atom. The second-order valence-electron chi connectivity index (χ2n) is 13.2. The van der Waals surface area contributed by atoms with Crippen LogP contribution in [0.5, 0.6) is 0 Å². The van der Waals surface area contributed by atoms with Crippen LogP contribution in [0.4, 0.5) is 0 Å². The number of ether oxygens (including phenoxy) is 3. The Hall–Kier alpha value is -0.693. The predicted octanol–water partition coefficient (Wildman–Crippen LogP) is 6.23. The summed E-state index contributed by atoms with van der Waals surface area (Å²) < 4.78 is 25.5. The number of fused-ring (bicyclic) bond motifs is 6. The van der Waals surface area contributed by atoms with Gasteiger partial charge in [-0.15, -0.1) is 0 Å². The molecule has 0 N–H and O–H groups in total. The second-order valence-corrected chi connectivity index (χ2v) is 17.8. The third-order valence-electron chi connectivity index (χ3n) is 11.0. The molecule has 6 heteroatoms. The molecule has 192 valence electrons. The fourth-order valence-electron chi connectivity index (χ4n) is 8.45. The van der Waals surface area contributed by atoms with Crippen molar-refractivity contribution in [3.8, 4) is 0 Å². The highest BCUT2D eigenvalue weighted by Gasteiger charge is 2.68. The number of hydrogen-bond acceptors (Lipinski definition) is 5. The van der Waals surface area contributed by atoms with Gasteiger partial charge in [-0.25, -0.2) is 0 Å². The summed E-state index contributed by atoms with van der Waals surface area (Å²) in [4.78, 5) is 12.3. The molecule has 5 nitrogen and oxygen atoms in total. The highest BCUT2D eigenvalue weighted by Crippen LogP contribution is 2.69. The summed E-state index contributed by atoms with van der Waals surface area (Å²) in [5.41, 5.74) is 2.23. The molecule has 0 radical (unpaired) electrons. The summed E-state index contributed by atoms with van der Waals surface area (Å²) in [6.07, 6.45) is 10.1. The van der Waals surface area contributed by atoms with Gasteiger partial charge in [0.05, 0.1) is 13.2 Å². The lowest BCUT2D eigenvalue weighted by Crippen LogP contribution is -2.58. The van der Waals surface area contributed by atoms with Crippen LogP contribution in [0.2, 0.25) is 18.6 Å². The van der Waals surface area contributed by atoms with E-state index < -0.39 is 14.1 Å². The van der Waals surface area contributed by atoms with Gasteiger partial charge in [0.2, 0.25) is 0 Å². The molecule has 7 atom stereocenters. The molecule has 0 aromatic carbocycles. The van der Waals surface area contributed by atoms with Crippen LogP contribution in [0.1, 0.15) is 79.6 Å². The van der Waals surface area contributed by atoms with Gasteiger partial charge in [0.15, 0.2) is 14.1 Å². The van der Waals surface area contributed by atoms with Crippen molar-refractivity contribution in [2.24, 2.45) is 28.6 Å². The maximum absolute atomic E-state index is 12.3. The molecule has 0 bridgehead atoms. The first-order valence-electron chi connectivity index (χ1n) is 13.8. The SMILES string of the molecule is CC(=O)O[C@H]1C=C2C[C@@H](O[Si](C)(C)C(C)C)CC[C@]2(C)C2CC[C@@]3(C)C(CCC34OCCO4)C21. The lowest BCUT2D eigenvalue weighted by molar-refractivity contribution is -0.246. The first kappa shape index (κ1) is 25.0. The minimum absolute atomic E-state index is 0.0159. The van der Waals surface area contributed by atoms with Crippen molar-refractivity contribution < 1.29 is 23.4 Å². The maximum Gasteiger partial charge on any atom is 0.303 e. The van der Waals surface area contributed by atoms with Crippen LogP contribution in [0, 0.1) is 28.6 Å². The van der Waals surface area contributed by atoms with Gasteiger partial charge >= 0.3 is 5.97 Å². The van der Waals surface area contributed by atoms with Crippen molar-refractivity contribution in [3.05, 3.63) is 11.6 Å². The van der Waals surface area contributed by atoms with E-state index in [1.54, 1.807) is 6.92 Å². The normalized spacial score (nSPS) is 43.3. The zero-order valence-corrected chi connectivity index (χ0v) is 23.4. The summed E-state index contributed by atoms with van der Waals surface area (Å²) in [6.45, 7) is 17.1. The van der Waals surface area contributed by atoms with Gasteiger partial charge in [0.1, 0.15) is 6.10 Å². The van der Waals surface area contributed by atoms with E-state index in [0.29, 0.717) is 42.6 Å². The molecule has 1 saturated heterocycles. The molecule has 5 rings (SSSR count). The molecule has 5 aliphatic rings. The third kappa shape index (κ3) is 3.69. The average molecular weight is 491 g/mol. The van der Waals surface area contributed by atoms with Crippen LogP contribution >= 0.6 is 0 Å². The van der Waals surface area contributed by atoms with Crippen molar-refractivity contribution in [1.82, 2.24) is 0 Å². The third-order valence-corrected chi connectivity index (χ3v) is 14.7. The minimum Gasteiger partial charge on any atom is -0.458 e. The Balaban J connectivity index is 1.47. The molecule has 0 amide bonds. The first-order chi connectivity index (χ1) is 15.9. The average Bonchev–Trinajstić information content (AvgIpc) is 3.34. The molecule has 3 unspecified atom stereocenters. The van der Waals surface area contributed by atoms with E-state index in [-0.39, 0.29) is 22.9 Å². The van der Waals surface area contributed by atoms with Gasteiger partial charge in [0, 0.05) is 30.8 Å². The molecule has 1 spiro atoms. The highest BCUT2D eigenvalue weighted by molar-refractivity contribution is 6.72. The number of esters is 1. The van der Waals surface area contributed by atoms with Crippen molar-refractivity contribution in [1.29, 1.82) is 0 Å². The van der Waals surface area contributed by atoms with Gasteiger partial charge in [-0.3, -0.25) is 4.79 Å². The van der Waals surface area contributed by atoms with Crippen LogP contribution in [-0.2, 0) is 23.4 Å². The van der Waals surface area contributed by atoms with Crippen molar-refractivity contribution in [2.45, 2.75) is 116 Å². The maximum atomic E-state index is 12.3. The standard InChI is InChI=1S/C28H46O5Si/c1-18(2)34(6,7)33-21-8-11-26(4)20(16-21)17-24(32-19(3)29)25-22(26)9-12-27(5)23(25)10-13-28(27)30-14-15-31-28/h17-18,21-25H,8-16H2,1-7H3/t21-,22?,23?,24-,25?,26-,27-/m0/s1. The van der Waals surface area contributed by atoms with E-state index in [9.17, 15) is 4.79 Å². The topological polar surface area (TPSA) is 54.0 Å². The number of carbonyl (C=O) groups excluding carboxylic acids is 1. The fourth-order valence-corrected chi connectivity index (χ4v) is 9.78. The zero-order chi connectivity index (χ0) is 24.5. The van der Waals surface area contributed by atoms with Gasteiger partial charge in [-0.2, -0.15) is 0 Å². The van der Waals surface area contributed by atoms with Crippen LogP contribution < -0.4 is 0 Å². The summed E-state index contributed by atoms with van der Waals surface area (Å²) >= 11 is 0. The number of carbonyl (C=O) groups is 1. The quantitative estimate of drug-likeness (QED) is 0.265. The van der Waals surface area contributed by atoms with Crippen molar-refractivity contribution >= 4 is 14.3 Å². The Kier molecular flexibility index (Phi) is 6.19. The molecule has 1 aliphatic heterocycles. The van der Waals surface area contributed by atoms with Gasteiger partial charge in [-0.05, 0) is 80.5 Å². The molecule has 1 heterocycles. The minimum atomic E-state index is -1.71. The Morgan fingerprint density at radius 1 is 1.06 bits per heavy atom. The lowest BCUT2D eigenvalue weighted by atomic mass is 9.47. The van der Waals surface area contributed by atoms with Gasteiger partial charge < -0.3 is 18.6 Å². The van der Waals surface area contributed by atoms with E-state index in [1.165, 1.54) is 12.0 Å². The molecular weight excluding hydrogens is 444 g/mol. The Labute approximate surface area is 207 Å². The van der Waals surface area contributed by atoms with E-state index in [1.807, 2.05) is 0 Å². The van der Waals surface area contributed by atoms with Gasteiger partial charge in [0.25, 0.3) is 0 Å². The summed E-state index contributed by atoms with van der Waals surface area (Å²) in [5, 5.41) is 0. The van der Waals surface area contributed by atoms with Crippen LogP contribution in [0.25, 0.3) is 0 Å². The Bertz CT molecular complexity index is 846. The largest absolute Gasteiger partial charge is 0.458 e. The summed E-state index contributed by atoms with van der Waals surface area (Å²) in [7, 11) is -1.71. The second kappa shape index (κ2) is 8.42. The highest BCUT2D eigenvalue weighted by atomic mass is 28.4. The fraction of sp³-hybridized carbons (Fsp3) is 0.893. The van der Waals surface area contributed by atoms with E-state index in [4.69, 9.17) is 18.6 Å². The van der Waals surface area contributed by atoms with Crippen LogP contribution in [0.15, 0.2) is 11.6 Å². The summed E-state index contributed by atoms with van der Waals surface area (Å²) in [6, 6.07) is 0. The molecule has 34 heavy (non-hydrogen) atoms. The molecular formula is C28H46O5Si. The van der Waals surface area contributed by atoms with Crippen LogP contribution in [0.3, 0.4) is 0 Å². The monoisotopic (exact) mass is 490 g/mol. The number of rotatable bonds is 4. The van der Waals surface area contributed by atoms with Crippen molar-refractivity contribution in [2.75, 3.05) is 13.2 Å². The molecule has 4 aliphatic carbocycles. The molecule has 0 aromatic heterocycles. The first-order valence-corrected chi connectivity index (χ1v) is 16.7. The van der Waals surface area contributed by atoms with Gasteiger partial charge in [-0.1, -0.05) is 33.3 Å². The lowest BCUT2D eigenvalue weighted by Gasteiger charge is -2.60.